The van der Waals surface area contributed by atoms with E-state index >= 15 is 0 Å². The number of sulfonamides is 1. The number of hydrogen-bond donors (Lipinski definition) is 1. The summed E-state index contributed by atoms with van der Waals surface area (Å²) in [5.41, 5.74) is 0. The second-order valence-electron chi connectivity index (χ2n) is 5.77. The average molecular weight is 328 g/mol. The number of imidazole rings is 1. The lowest BCUT2D eigenvalue weighted by atomic mass is 10.2. The van der Waals surface area contributed by atoms with Crippen molar-refractivity contribution in [2.45, 2.75) is 37.8 Å². The first-order valence-electron chi connectivity index (χ1n) is 7.10. The van der Waals surface area contributed by atoms with Crippen LogP contribution in [0.4, 0.5) is 5.82 Å². The van der Waals surface area contributed by atoms with E-state index in [1.807, 2.05) is 19.2 Å². The molecule has 1 saturated carbocycles. The first-order chi connectivity index (χ1) is 9.95. The van der Waals surface area contributed by atoms with Crippen molar-refractivity contribution in [3.63, 3.8) is 0 Å². The molecule has 2 heterocycles. The molecule has 0 spiro atoms. The summed E-state index contributed by atoms with van der Waals surface area (Å²) in [5.74, 6) is 0.723. The minimum Gasteiger partial charge on any atom is -0.371 e. The van der Waals surface area contributed by atoms with E-state index in [1.165, 1.54) is 11.3 Å². The summed E-state index contributed by atoms with van der Waals surface area (Å²) in [7, 11) is -1.85. The van der Waals surface area contributed by atoms with Crippen molar-refractivity contribution in [1.29, 1.82) is 0 Å². The maximum atomic E-state index is 13.1. The van der Waals surface area contributed by atoms with Gasteiger partial charge in [-0.25, -0.2) is 13.4 Å². The van der Waals surface area contributed by atoms with Gasteiger partial charge in [0.15, 0.2) is 15.8 Å². The first kappa shape index (κ1) is 14.8. The third-order valence-electron chi connectivity index (χ3n) is 3.51. The Kier molecular flexibility index (Phi) is 3.71. The van der Waals surface area contributed by atoms with Crippen LogP contribution in [-0.2, 0) is 10.0 Å². The van der Waals surface area contributed by atoms with Crippen LogP contribution in [0.5, 0.6) is 0 Å². The maximum absolute atomic E-state index is 13.1. The van der Waals surface area contributed by atoms with Gasteiger partial charge in [0.1, 0.15) is 0 Å². The molecule has 0 amide bonds. The molecule has 1 fully saturated rings. The highest BCUT2D eigenvalue weighted by Gasteiger charge is 2.41. The monoisotopic (exact) mass is 328 g/mol. The van der Waals surface area contributed by atoms with Crippen LogP contribution in [0, 0.1) is 5.92 Å². The molecule has 2 aromatic rings. The van der Waals surface area contributed by atoms with E-state index in [4.69, 9.17) is 0 Å². The maximum Gasteiger partial charge on any atom is 0.263 e. The summed E-state index contributed by atoms with van der Waals surface area (Å²) >= 11 is 1.43. The number of thiazole rings is 1. The lowest BCUT2D eigenvalue weighted by Gasteiger charge is -2.23. The van der Waals surface area contributed by atoms with Gasteiger partial charge >= 0.3 is 0 Å². The van der Waals surface area contributed by atoms with Crippen LogP contribution in [0.1, 0.15) is 26.7 Å². The molecule has 6 nitrogen and oxygen atoms in total. The van der Waals surface area contributed by atoms with E-state index in [0.717, 1.165) is 12.8 Å². The van der Waals surface area contributed by atoms with Gasteiger partial charge < -0.3 is 5.32 Å². The van der Waals surface area contributed by atoms with E-state index in [0.29, 0.717) is 23.2 Å². The predicted molar refractivity (Wildman–Crippen MR) is 84.4 cm³/mol. The fourth-order valence-corrected chi connectivity index (χ4v) is 5.33. The van der Waals surface area contributed by atoms with Crippen molar-refractivity contribution in [3.8, 4) is 0 Å². The second kappa shape index (κ2) is 5.26. The molecule has 0 atom stereocenters. The zero-order valence-electron chi connectivity index (χ0n) is 12.4. The van der Waals surface area contributed by atoms with Gasteiger partial charge in [0.05, 0.1) is 0 Å². The van der Waals surface area contributed by atoms with Gasteiger partial charge in [-0.3, -0.25) is 4.40 Å². The molecule has 2 aromatic heterocycles. The topological polar surface area (TPSA) is 66.7 Å². The molecule has 0 bridgehead atoms. The molecular formula is C13H20N4O2S2. The zero-order valence-corrected chi connectivity index (χ0v) is 14.0. The molecule has 21 heavy (non-hydrogen) atoms. The SMILES string of the molecule is CNc1nc2sccn2c1S(=O)(=O)N(CC(C)C)C1CC1. The molecule has 1 aliphatic rings. The van der Waals surface area contributed by atoms with Crippen LogP contribution < -0.4 is 5.32 Å². The van der Waals surface area contributed by atoms with Crippen molar-refractivity contribution >= 4 is 32.1 Å². The average Bonchev–Trinajstić information content (AvgIpc) is 3.03. The van der Waals surface area contributed by atoms with Crippen molar-refractivity contribution in [2.24, 2.45) is 5.92 Å². The minimum atomic E-state index is -3.55. The highest BCUT2D eigenvalue weighted by molar-refractivity contribution is 7.89. The van der Waals surface area contributed by atoms with Crippen molar-refractivity contribution < 1.29 is 8.42 Å². The van der Waals surface area contributed by atoms with Crippen LogP contribution >= 0.6 is 11.3 Å². The normalized spacial score (nSPS) is 16.2. The van der Waals surface area contributed by atoms with Crippen molar-refractivity contribution in [1.82, 2.24) is 13.7 Å². The Morgan fingerprint density at radius 2 is 2.24 bits per heavy atom. The molecule has 1 aliphatic carbocycles. The molecule has 0 saturated heterocycles. The number of aromatic nitrogens is 2. The number of rotatable bonds is 6. The summed E-state index contributed by atoms with van der Waals surface area (Å²) in [4.78, 5) is 5.06. The third kappa shape index (κ3) is 2.56. The van der Waals surface area contributed by atoms with Crippen LogP contribution in [0.2, 0.25) is 0 Å². The summed E-state index contributed by atoms with van der Waals surface area (Å²) in [6.07, 6.45) is 3.67. The van der Waals surface area contributed by atoms with E-state index in [2.05, 4.69) is 10.3 Å². The van der Waals surface area contributed by atoms with Crippen molar-refractivity contribution in [2.75, 3.05) is 18.9 Å². The molecular weight excluding hydrogens is 308 g/mol. The summed E-state index contributed by atoms with van der Waals surface area (Å²) in [6.45, 7) is 4.63. The minimum absolute atomic E-state index is 0.145. The van der Waals surface area contributed by atoms with Crippen LogP contribution in [0.3, 0.4) is 0 Å². The Hall–Kier alpha value is -1.12. The highest BCUT2D eigenvalue weighted by atomic mass is 32.2. The lowest BCUT2D eigenvalue weighted by Crippen LogP contribution is -2.37. The smallest absolute Gasteiger partial charge is 0.263 e. The van der Waals surface area contributed by atoms with Gasteiger partial charge in [-0.15, -0.1) is 11.3 Å². The fourth-order valence-electron chi connectivity index (χ4n) is 2.45. The highest BCUT2D eigenvalue weighted by Crippen LogP contribution is 2.35. The number of nitrogens with zero attached hydrogens (tertiary/aromatic N) is 3. The summed E-state index contributed by atoms with van der Waals surface area (Å²) in [5, 5.41) is 5.02. The summed E-state index contributed by atoms with van der Waals surface area (Å²) < 4.78 is 29.6. The van der Waals surface area contributed by atoms with Gasteiger partial charge in [0.25, 0.3) is 10.0 Å². The predicted octanol–water partition coefficient (Wildman–Crippen LogP) is 2.25. The standard InChI is InChI=1S/C13H20N4O2S2/c1-9(2)8-17(10-4-5-10)21(18,19)12-11(14-3)15-13-16(12)6-7-20-13/h6-7,9-10,14H,4-5,8H2,1-3H3. The van der Waals surface area contributed by atoms with E-state index < -0.39 is 10.0 Å². The zero-order chi connectivity index (χ0) is 15.2. The largest absolute Gasteiger partial charge is 0.371 e. The van der Waals surface area contributed by atoms with Gasteiger partial charge in [-0.1, -0.05) is 13.8 Å². The Labute approximate surface area is 128 Å². The number of nitrogens with one attached hydrogen (secondary N) is 1. The van der Waals surface area contributed by atoms with Gasteiger partial charge in [-0.05, 0) is 18.8 Å². The molecule has 0 aromatic carbocycles. The molecule has 1 N–H and O–H groups in total. The fraction of sp³-hybridized carbons (Fsp3) is 0.615. The Morgan fingerprint density at radius 1 is 1.52 bits per heavy atom. The molecule has 8 heteroatoms. The number of fused-ring (bicyclic) bond motifs is 1. The van der Waals surface area contributed by atoms with Crippen LogP contribution in [0.25, 0.3) is 4.96 Å². The summed E-state index contributed by atoms with van der Waals surface area (Å²) in [6, 6.07) is 0.145. The molecule has 3 rings (SSSR count). The van der Waals surface area contributed by atoms with Gasteiger partial charge in [0.2, 0.25) is 0 Å². The first-order valence-corrected chi connectivity index (χ1v) is 9.42. The second-order valence-corrected chi connectivity index (χ2v) is 8.45. The van der Waals surface area contributed by atoms with E-state index in [9.17, 15) is 8.42 Å². The van der Waals surface area contributed by atoms with Crippen LogP contribution in [0.15, 0.2) is 16.6 Å². The third-order valence-corrected chi connectivity index (χ3v) is 6.21. The van der Waals surface area contributed by atoms with Gasteiger partial charge in [0, 0.05) is 31.2 Å². The van der Waals surface area contributed by atoms with Gasteiger partial charge in [-0.2, -0.15) is 4.31 Å². The number of anilines is 1. The molecule has 0 unspecified atom stereocenters. The number of hydrogen-bond acceptors (Lipinski definition) is 5. The quantitative estimate of drug-likeness (QED) is 0.883. The van der Waals surface area contributed by atoms with Crippen LogP contribution in [-0.4, -0.2) is 41.7 Å². The lowest BCUT2D eigenvalue weighted by molar-refractivity contribution is 0.358. The van der Waals surface area contributed by atoms with E-state index in [-0.39, 0.29) is 11.1 Å². The molecule has 0 aliphatic heterocycles. The Bertz CT molecular complexity index is 743. The molecule has 116 valence electrons. The van der Waals surface area contributed by atoms with E-state index in [1.54, 1.807) is 22.0 Å². The Balaban J connectivity index is 2.11. The molecule has 0 radical (unpaired) electrons. The Morgan fingerprint density at radius 3 is 2.81 bits per heavy atom. The van der Waals surface area contributed by atoms with Crippen molar-refractivity contribution in [3.05, 3.63) is 11.6 Å².